The van der Waals surface area contributed by atoms with Crippen LogP contribution in [0.3, 0.4) is 0 Å². The highest BCUT2D eigenvalue weighted by Crippen LogP contribution is 2.30. The minimum absolute atomic E-state index is 0.0987. The Hall–Kier alpha value is -2.78. The number of aromatic nitrogens is 2. The van der Waals surface area contributed by atoms with Gasteiger partial charge in [-0.1, -0.05) is 36.9 Å². The maximum Gasteiger partial charge on any atom is 0.360 e. The van der Waals surface area contributed by atoms with Crippen molar-refractivity contribution in [2.24, 2.45) is 0 Å². The SMILES string of the molecule is CCc1cccc(Sc2c(O)[n+](CCC#N)c3ccccn3c2=O)c1. The number of nitriles is 1. The smallest absolute Gasteiger partial charge is 0.360 e. The van der Waals surface area contributed by atoms with E-state index in [4.69, 9.17) is 5.26 Å². The molecule has 1 aromatic carbocycles. The highest BCUT2D eigenvalue weighted by atomic mass is 32.2. The molecule has 0 bridgehead atoms. The lowest BCUT2D eigenvalue weighted by atomic mass is 10.2. The van der Waals surface area contributed by atoms with E-state index in [-0.39, 0.29) is 22.8 Å². The fourth-order valence-corrected chi connectivity index (χ4v) is 3.66. The Morgan fingerprint density at radius 1 is 1.28 bits per heavy atom. The molecule has 126 valence electrons. The van der Waals surface area contributed by atoms with E-state index in [1.807, 2.05) is 24.3 Å². The zero-order valence-corrected chi connectivity index (χ0v) is 14.7. The molecule has 0 aliphatic carbocycles. The van der Waals surface area contributed by atoms with E-state index in [0.29, 0.717) is 12.2 Å². The predicted octanol–water partition coefficient (Wildman–Crippen LogP) is 2.92. The molecule has 2 aromatic heterocycles. The number of rotatable bonds is 5. The number of hydrogen-bond donors (Lipinski definition) is 1. The summed E-state index contributed by atoms with van der Waals surface area (Å²) < 4.78 is 3.11. The van der Waals surface area contributed by atoms with Crippen LogP contribution in [0.1, 0.15) is 18.9 Å². The molecule has 0 spiro atoms. The summed E-state index contributed by atoms with van der Waals surface area (Å²) in [5.74, 6) is -0.0987. The summed E-state index contributed by atoms with van der Waals surface area (Å²) in [5, 5.41) is 19.6. The van der Waals surface area contributed by atoms with Gasteiger partial charge in [0.05, 0.1) is 18.7 Å². The van der Waals surface area contributed by atoms with Gasteiger partial charge in [-0.05, 0) is 30.2 Å². The number of hydrogen-bond acceptors (Lipinski definition) is 4. The van der Waals surface area contributed by atoms with Crippen molar-refractivity contribution in [3.05, 3.63) is 64.6 Å². The van der Waals surface area contributed by atoms with Crippen molar-refractivity contribution in [2.75, 3.05) is 0 Å². The Kier molecular flexibility index (Phi) is 5.05. The third-order valence-electron chi connectivity index (χ3n) is 3.96. The molecule has 25 heavy (non-hydrogen) atoms. The van der Waals surface area contributed by atoms with Crippen LogP contribution < -0.4 is 10.1 Å². The first-order chi connectivity index (χ1) is 12.2. The van der Waals surface area contributed by atoms with Gasteiger partial charge in [0.1, 0.15) is 6.54 Å². The predicted molar refractivity (Wildman–Crippen MR) is 95.7 cm³/mol. The number of fused-ring (bicyclic) bond motifs is 1. The van der Waals surface area contributed by atoms with Crippen LogP contribution in [0.5, 0.6) is 5.88 Å². The summed E-state index contributed by atoms with van der Waals surface area (Å²) in [7, 11) is 0. The molecule has 2 heterocycles. The molecule has 0 atom stereocenters. The minimum atomic E-state index is -0.270. The van der Waals surface area contributed by atoms with E-state index in [1.54, 1.807) is 29.0 Å². The van der Waals surface area contributed by atoms with E-state index in [0.717, 1.165) is 11.3 Å². The van der Waals surface area contributed by atoms with Gasteiger partial charge in [-0.2, -0.15) is 14.2 Å². The van der Waals surface area contributed by atoms with Gasteiger partial charge in [0.2, 0.25) is 0 Å². The lowest BCUT2D eigenvalue weighted by Gasteiger charge is -2.09. The lowest BCUT2D eigenvalue weighted by molar-refractivity contribution is -0.681. The molecule has 0 saturated carbocycles. The third-order valence-corrected chi connectivity index (χ3v) is 5.01. The molecule has 0 unspecified atom stereocenters. The van der Waals surface area contributed by atoms with E-state index in [2.05, 4.69) is 13.0 Å². The van der Waals surface area contributed by atoms with Gasteiger partial charge in [-0.15, -0.1) is 0 Å². The largest absolute Gasteiger partial charge is 0.477 e. The Balaban J connectivity index is 2.17. The minimum Gasteiger partial charge on any atom is -0.477 e. The van der Waals surface area contributed by atoms with Crippen molar-refractivity contribution >= 4 is 17.4 Å². The van der Waals surface area contributed by atoms with Crippen molar-refractivity contribution in [2.45, 2.75) is 36.1 Å². The van der Waals surface area contributed by atoms with Crippen molar-refractivity contribution in [3.8, 4) is 11.9 Å². The molecule has 0 saturated heterocycles. The first-order valence-corrected chi connectivity index (χ1v) is 8.87. The summed E-state index contributed by atoms with van der Waals surface area (Å²) in [6.45, 7) is 2.39. The second-order valence-electron chi connectivity index (χ2n) is 5.55. The van der Waals surface area contributed by atoms with Crippen molar-refractivity contribution in [1.82, 2.24) is 4.40 Å². The van der Waals surface area contributed by atoms with Crippen molar-refractivity contribution in [3.63, 3.8) is 0 Å². The number of benzene rings is 1. The topological polar surface area (TPSA) is 69.4 Å². The first-order valence-electron chi connectivity index (χ1n) is 8.05. The summed E-state index contributed by atoms with van der Waals surface area (Å²) in [6.07, 6.45) is 2.82. The number of pyridine rings is 1. The first kappa shape index (κ1) is 17.1. The highest BCUT2D eigenvalue weighted by molar-refractivity contribution is 7.99. The van der Waals surface area contributed by atoms with Crippen LogP contribution in [0.15, 0.2) is 63.2 Å². The Morgan fingerprint density at radius 2 is 2.12 bits per heavy atom. The fraction of sp³-hybridized carbons (Fsp3) is 0.211. The average Bonchev–Trinajstić information content (AvgIpc) is 2.65. The van der Waals surface area contributed by atoms with Gasteiger partial charge in [-0.25, -0.2) is 4.79 Å². The fourth-order valence-electron chi connectivity index (χ4n) is 2.68. The van der Waals surface area contributed by atoms with Crippen LogP contribution in [-0.2, 0) is 13.0 Å². The van der Waals surface area contributed by atoms with E-state index in [1.165, 1.54) is 21.7 Å². The Labute approximate surface area is 149 Å². The second-order valence-corrected chi connectivity index (χ2v) is 6.63. The van der Waals surface area contributed by atoms with Crippen LogP contribution >= 0.6 is 11.8 Å². The molecule has 0 radical (unpaired) electrons. The highest BCUT2D eigenvalue weighted by Gasteiger charge is 2.24. The molecule has 3 aromatic rings. The quantitative estimate of drug-likeness (QED) is 0.717. The summed E-state index contributed by atoms with van der Waals surface area (Å²) in [4.78, 5) is 14.0. The molecule has 6 heteroatoms. The van der Waals surface area contributed by atoms with Crippen LogP contribution in [0.2, 0.25) is 0 Å². The standard InChI is InChI=1S/C19H17N3O2S/c1-2-14-7-5-8-15(13-14)25-17-18(23)21-11-4-3-9-16(21)22(19(17)24)12-6-10-20/h3-5,7-9,11,13H,2,6,12H2,1H3/p+1. The maximum absolute atomic E-state index is 12.8. The normalized spacial score (nSPS) is 10.7. The summed E-state index contributed by atoms with van der Waals surface area (Å²) in [5.41, 5.74) is 1.46. The second kappa shape index (κ2) is 7.41. The molecule has 0 aliphatic rings. The molecular weight excluding hydrogens is 334 g/mol. The lowest BCUT2D eigenvalue weighted by Crippen LogP contribution is -2.40. The van der Waals surface area contributed by atoms with Crippen molar-refractivity contribution in [1.29, 1.82) is 5.26 Å². The van der Waals surface area contributed by atoms with E-state index < -0.39 is 0 Å². The Morgan fingerprint density at radius 3 is 2.88 bits per heavy atom. The number of aryl methyl sites for hydroxylation is 2. The van der Waals surface area contributed by atoms with Gasteiger partial charge in [0.15, 0.2) is 4.90 Å². The molecule has 1 N–H and O–H groups in total. The van der Waals surface area contributed by atoms with E-state index >= 15 is 0 Å². The van der Waals surface area contributed by atoms with Crippen LogP contribution in [-0.4, -0.2) is 9.51 Å². The molecular formula is C19H18N3O2S+. The maximum atomic E-state index is 12.8. The van der Waals surface area contributed by atoms with Crippen molar-refractivity contribution < 1.29 is 9.67 Å². The molecule has 5 nitrogen and oxygen atoms in total. The van der Waals surface area contributed by atoms with E-state index in [9.17, 15) is 9.90 Å². The number of aromatic hydroxyl groups is 1. The summed E-state index contributed by atoms with van der Waals surface area (Å²) in [6, 6.07) is 15.3. The van der Waals surface area contributed by atoms with Gasteiger partial charge < -0.3 is 5.11 Å². The van der Waals surface area contributed by atoms with Crippen LogP contribution in [0, 0.1) is 11.3 Å². The van der Waals surface area contributed by atoms with Gasteiger partial charge >= 0.3 is 11.4 Å². The third kappa shape index (κ3) is 3.37. The molecule has 3 rings (SSSR count). The van der Waals surface area contributed by atoms with Crippen LogP contribution in [0.25, 0.3) is 5.65 Å². The molecule has 0 aliphatic heterocycles. The molecule has 0 fully saturated rings. The van der Waals surface area contributed by atoms with Gasteiger partial charge in [0.25, 0.3) is 5.65 Å². The molecule has 0 amide bonds. The van der Waals surface area contributed by atoms with Crippen LogP contribution in [0.4, 0.5) is 0 Å². The monoisotopic (exact) mass is 352 g/mol. The summed E-state index contributed by atoms with van der Waals surface area (Å²) >= 11 is 1.25. The zero-order valence-electron chi connectivity index (χ0n) is 13.8. The zero-order chi connectivity index (χ0) is 17.8. The average molecular weight is 352 g/mol. The van der Waals surface area contributed by atoms with Gasteiger partial charge in [-0.3, -0.25) is 0 Å². The number of nitrogens with zero attached hydrogens (tertiary/aromatic N) is 3. The van der Waals surface area contributed by atoms with Gasteiger partial charge in [0, 0.05) is 11.0 Å². The Bertz CT molecular complexity index is 1020.